The molecule has 6 heteroatoms. The average Bonchev–Trinajstić information content (AvgIpc) is 2.47. The quantitative estimate of drug-likeness (QED) is 0.917. The molecule has 1 heterocycles. The number of hydrogen-bond donors (Lipinski definition) is 1. The molecule has 0 aliphatic heterocycles. The first-order chi connectivity index (χ1) is 10.1. The number of hydrogen-bond acceptors (Lipinski definition) is 5. The summed E-state index contributed by atoms with van der Waals surface area (Å²) < 4.78 is 13.6. The predicted molar refractivity (Wildman–Crippen MR) is 83.1 cm³/mol. The Morgan fingerprint density at radius 1 is 1.10 bits per heavy atom. The van der Waals surface area contributed by atoms with Gasteiger partial charge in [-0.2, -0.15) is 15.0 Å². The lowest BCUT2D eigenvalue weighted by molar-refractivity contribution is 0.627. The summed E-state index contributed by atoms with van der Waals surface area (Å²) in [5.41, 5.74) is 1.49. The van der Waals surface area contributed by atoms with Gasteiger partial charge in [-0.1, -0.05) is 0 Å². The second-order valence-corrected chi connectivity index (χ2v) is 4.72. The SMILES string of the molecule is CCN(CC)c1nc(NC)nc(-c2cc(C)cc(F)c2)n1. The van der Waals surface area contributed by atoms with Crippen molar-refractivity contribution in [2.75, 3.05) is 30.4 Å². The lowest BCUT2D eigenvalue weighted by Gasteiger charge is -2.19. The maximum atomic E-state index is 13.6. The summed E-state index contributed by atoms with van der Waals surface area (Å²) in [6.07, 6.45) is 0. The molecule has 2 rings (SSSR count). The maximum Gasteiger partial charge on any atom is 0.230 e. The molecule has 0 saturated carbocycles. The highest BCUT2D eigenvalue weighted by molar-refractivity contribution is 5.59. The molecule has 0 bridgehead atoms. The Kier molecular flexibility index (Phi) is 4.67. The Bertz CT molecular complexity index is 605. The van der Waals surface area contributed by atoms with Gasteiger partial charge in [-0.25, -0.2) is 4.39 Å². The van der Waals surface area contributed by atoms with Crippen molar-refractivity contribution >= 4 is 11.9 Å². The third-order valence-electron chi connectivity index (χ3n) is 3.19. The number of aromatic nitrogens is 3. The van der Waals surface area contributed by atoms with Crippen molar-refractivity contribution in [1.29, 1.82) is 0 Å². The second-order valence-electron chi connectivity index (χ2n) is 4.72. The van der Waals surface area contributed by atoms with Gasteiger partial charge in [0.1, 0.15) is 5.82 Å². The molecule has 5 nitrogen and oxygen atoms in total. The van der Waals surface area contributed by atoms with Gasteiger partial charge in [-0.05, 0) is 44.5 Å². The van der Waals surface area contributed by atoms with Crippen LogP contribution in [0.25, 0.3) is 11.4 Å². The van der Waals surface area contributed by atoms with Gasteiger partial charge in [0, 0.05) is 25.7 Å². The minimum absolute atomic E-state index is 0.291. The Labute approximate surface area is 124 Å². The van der Waals surface area contributed by atoms with Gasteiger partial charge in [0.2, 0.25) is 11.9 Å². The number of nitrogens with zero attached hydrogens (tertiary/aromatic N) is 4. The van der Waals surface area contributed by atoms with E-state index in [0.717, 1.165) is 18.7 Å². The van der Waals surface area contributed by atoms with Crippen LogP contribution in [-0.4, -0.2) is 35.1 Å². The van der Waals surface area contributed by atoms with Gasteiger partial charge in [0.15, 0.2) is 5.82 Å². The van der Waals surface area contributed by atoms with Crippen molar-refractivity contribution in [2.45, 2.75) is 20.8 Å². The van der Waals surface area contributed by atoms with Crippen molar-refractivity contribution in [1.82, 2.24) is 15.0 Å². The van der Waals surface area contributed by atoms with E-state index < -0.39 is 0 Å². The molecule has 2 aromatic rings. The molecular formula is C15H20FN5. The largest absolute Gasteiger partial charge is 0.357 e. The van der Waals surface area contributed by atoms with E-state index in [-0.39, 0.29) is 5.82 Å². The molecule has 1 aromatic heterocycles. The highest BCUT2D eigenvalue weighted by Crippen LogP contribution is 2.21. The summed E-state index contributed by atoms with van der Waals surface area (Å²) in [6, 6.07) is 4.78. The first-order valence-electron chi connectivity index (χ1n) is 7.03. The average molecular weight is 289 g/mol. The van der Waals surface area contributed by atoms with Crippen LogP contribution in [0.2, 0.25) is 0 Å². The van der Waals surface area contributed by atoms with Crippen LogP contribution in [0.3, 0.4) is 0 Å². The van der Waals surface area contributed by atoms with Crippen molar-refractivity contribution < 1.29 is 4.39 Å². The number of anilines is 2. The molecular weight excluding hydrogens is 269 g/mol. The molecule has 1 aromatic carbocycles. The predicted octanol–water partition coefficient (Wildman–Crippen LogP) is 2.87. The van der Waals surface area contributed by atoms with Crippen LogP contribution in [0.5, 0.6) is 0 Å². The third kappa shape index (κ3) is 3.45. The first-order valence-corrected chi connectivity index (χ1v) is 7.03. The number of benzene rings is 1. The molecule has 0 fully saturated rings. The van der Waals surface area contributed by atoms with E-state index >= 15 is 0 Å². The van der Waals surface area contributed by atoms with Crippen molar-refractivity contribution in [3.63, 3.8) is 0 Å². The number of halogens is 1. The first kappa shape index (κ1) is 15.2. The highest BCUT2D eigenvalue weighted by atomic mass is 19.1. The van der Waals surface area contributed by atoms with Crippen LogP contribution < -0.4 is 10.2 Å². The summed E-state index contributed by atoms with van der Waals surface area (Å²) in [7, 11) is 1.75. The molecule has 21 heavy (non-hydrogen) atoms. The molecule has 0 atom stereocenters. The standard InChI is InChI=1S/C15H20FN5/c1-5-21(6-2)15-19-13(18-14(17-4)20-15)11-7-10(3)8-12(16)9-11/h7-9H,5-6H2,1-4H3,(H,17,18,19,20). The zero-order chi connectivity index (χ0) is 15.4. The summed E-state index contributed by atoms with van der Waals surface area (Å²) in [5, 5.41) is 2.93. The zero-order valence-electron chi connectivity index (χ0n) is 12.8. The van der Waals surface area contributed by atoms with Crippen LogP contribution >= 0.6 is 0 Å². The van der Waals surface area contributed by atoms with Gasteiger partial charge < -0.3 is 10.2 Å². The Morgan fingerprint density at radius 3 is 2.38 bits per heavy atom. The molecule has 0 spiro atoms. The van der Waals surface area contributed by atoms with Crippen LogP contribution in [0, 0.1) is 12.7 Å². The summed E-state index contributed by atoms with van der Waals surface area (Å²) >= 11 is 0. The monoisotopic (exact) mass is 289 g/mol. The van der Waals surface area contributed by atoms with Crippen molar-refractivity contribution in [2.24, 2.45) is 0 Å². The smallest absolute Gasteiger partial charge is 0.230 e. The molecule has 0 saturated heterocycles. The summed E-state index contributed by atoms with van der Waals surface area (Å²) in [4.78, 5) is 15.2. The molecule has 112 valence electrons. The van der Waals surface area contributed by atoms with Gasteiger partial charge in [0.05, 0.1) is 0 Å². The lowest BCUT2D eigenvalue weighted by Crippen LogP contribution is -2.25. The van der Waals surface area contributed by atoms with E-state index in [4.69, 9.17) is 0 Å². The van der Waals surface area contributed by atoms with Crippen molar-refractivity contribution in [3.8, 4) is 11.4 Å². The van der Waals surface area contributed by atoms with Crippen LogP contribution in [-0.2, 0) is 0 Å². The number of aryl methyl sites for hydroxylation is 1. The lowest BCUT2D eigenvalue weighted by atomic mass is 10.1. The van der Waals surface area contributed by atoms with Crippen molar-refractivity contribution in [3.05, 3.63) is 29.6 Å². The van der Waals surface area contributed by atoms with E-state index in [0.29, 0.717) is 23.3 Å². The van der Waals surface area contributed by atoms with Gasteiger partial charge >= 0.3 is 0 Å². The fourth-order valence-corrected chi connectivity index (χ4v) is 2.12. The maximum absolute atomic E-state index is 13.6. The minimum atomic E-state index is -0.291. The van der Waals surface area contributed by atoms with Crippen LogP contribution in [0.1, 0.15) is 19.4 Å². The van der Waals surface area contributed by atoms with E-state index in [1.165, 1.54) is 12.1 Å². The number of rotatable bonds is 5. The third-order valence-corrected chi connectivity index (χ3v) is 3.19. The highest BCUT2D eigenvalue weighted by Gasteiger charge is 2.12. The minimum Gasteiger partial charge on any atom is -0.357 e. The molecule has 0 unspecified atom stereocenters. The number of nitrogens with one attached hydrogen (secondary N) is 1. The van der Waals surface area contributed by atoms with Crippen LogP contribution in [0.4, 0.5) is 16.3 Å². The molecule has 0 amide bonds. The van der Waals surface area contributed by atoms with E-state index in [1.807, 2.05) is 31.7 Å². The van der Waals surface area contributed by atoms with Crippen LogP contribution in [0.15, 0.2) is 18.2 Å². The van der Waals surface area contributed by atoms with Gasteiger partial charge in [-0.3, -0.25) is 0 Å². The van der Waals surface area contributed by atoms with E-state index in [1.54, 1.807) is 7.05 Å². The van der Waals surface area contributed by atoms with Gasteiger partial charge in [-0.15, -0.1) is 0 Å². The van der Waals surface area contributed by atoms with Gasteiger partial charge in [0.25, 0.3) is 0 Å². The normalized spacial score (nSPS) is 10.5. The summed E-state index contributed by atoms with van der Waals surface area (Å²) in [6.45, 7) is 7.52. The molecule has 0 aliphatic carbocycles. The molecule has 0 aliphatic rings. The fraction of sp³-hybridized carbons (Fsp3) is 0.400. The molecule has 1 N–H and O–H groups in total. The second kappa shape index (κ2) is 6.47. The summed E-state index contributed by atoms with van der Waals surface area (Å²) in [5.74, 6) is 1.25. The Hall–Kier alpha value is -2.24. The van der Waals surface area contributed by atoms with E-state index in [9.17, 15) is 4.39 Å². The fourth-order valence-electron chi connectivity index (χ4n) is 2.12. The molecule has 0 radical (unpaired) electrons. The topological polar surface area (TPSA) is 53.9 Å². The Balaban J connectivity index is 2.54. The zero-order valence-corrected chi connectivity index (χ0v) is 12.8. The van der Waals surface area contributed by atoms with E-state index in [2.05, 4.69) is 20.3 Å². The Morgan fingerprint density at radius 2 is 1.81 bits per heavy atom.